The van der Waals surface area contributed by atoms with Crippen molar-refractivity contribution in [2.45, 2.75) is 0 Å². The third kappa shape index (κ3) is 3.21. The number of hydrazine groups is 1. The van der Waals surface area contributed by atoms with Gasteiger partial charge in [-0.25, -0.2) is 9.40 Å². The predicted octanol–water partition coefficient (Wildman–Crippen LogP) is 2.96. The Morgan fingerprint density at radius 2 is 1.81 bits per heavy atom. The molecule has 1 aliphatic rings. The van der Waals surface area contributed by atoms with Gasteiger partial charge in [-0.1, -0.05) is 17.7 Å². The van der Waals surface area contributed by atoms with Gasteiger partial charge in [-0.15, -0.1) is 0 Å². The van der Waals surface area contributed by atoms with E-state index in [2.05, 4.69) is 5.43 Å². The molecule has 1 fully saturated rings. The average molecular weight is 377 g/mol. The van der Waals surface area contributed by atoms with E-state index in [0.29, 0.717) is 17.1 Å². The summed E-state index contributed by atoms with van der Waals surface area (Å²) in [7, 11) is 3.00. The number of rotatable bonds is 4. The molecule has 3 rings (SSSR count). The molecule has 26 heavy (non-hydrogen) atoms. The molecule has 8 heteroatoms. The molecule has 2 amide bonds. The standard InChI is InChI=1S/C18H14ClFN2O4/c1-25-15-6-3-10(8-16(15)26-2)7-12-17(23)21-22(18(12)24)11-4-5-14(20)13(19)9-11/h3-9H,1-2H3,(H,21,23). The zero-order valence-corrected chi connectivity index (χ0v) is 14.6. The van der Waals surface area contributed by atoms with E-state index in [1.54, 1.807) is 18.2 Å². The van der Waals surface area contributed by atoms with Crippen LogP contribution in [0.1, 0.15) is 5.56 Å². The van der Waals surface area contributed by atoms with Crippen molar-refractivity contribution >= 4 is 35.2 Å². The summed E-state index contributed by atoms with van der Waals surface area (Å²) in [5, 5.41) is 0.863. The molecule has 1 aliphatic heterocycles. The van der Waals surface area contributed by atoms with Gasteiger partial charge in [0.05, 0.1) is 24.9 Å². The summed E-state index contributed by atoms with van der Waals surface area (Å²) in [6.45, 7) is 0. The number of carbonyl (C=O) groups excluding carboxylic acids is 2. The van der Waals surface area contributed by atoms with Gasteiger partial charge in [-0.3, -0.25) is 15.0 Å². The number of ether oxygens (including phenoxy) is 2. The highest BCUT2D eigenvalue weighted by molar-refractivity contribution is 6.33. The molecule has 0 spiro atoms. The first-order chi connectivity index (χ1) is 12.4. The number of hydrogen-bond donors (Lipinski definition) is 1. The van der Waals surface area contributed by atoms with Crippen LogP contribution in [0, 0.1) is 5.82 Å². The maximum absolute atomic E-state index is 13.3. The second-order valence-electron chi connectivity index (χ2n) is 5.35. The molecular formula is C18H14ClFN2O4. The second kappa shape index (κ2) is 7.05. The summed E-state index contributed by atoms with van der Waals surface area (Å²) in [6, 6.07) is 8.72. The Labute approximate surface area is 153 Å². The lowest BCUT2D eigenvalue weighted by atomic mass is 10.1. The Kier molecular flexibility index (Phi) is 4.81. The molecule has 6 nitrogen and oxygen atoms in total. The number of anilines is 1. The van der Waals surface area contributed by atoms with Crippen LogP contribution in [-0.4, -0.2) is 26.0 Å². The number of hydrogen-bond acceptors (Lipinski definition) is 4. The molecule has 1 heterocycles. The third-order valence-corrected chi connectivity index (χ3v) is 4.06. The van der Waals surface area contributed by atoms with Crippen LogP contribution >= 0.6 is 11.6 Å². The summed E-state index contributed by atoms with van der Waals surface area (Å²) >= 11 is 5.74. The first-order valence-electron chi connectivity index (χ1n) is 7.49. The van der Waals surface area contributed by atoms with Crippen LogP contribution in [0.4, 0.5) is 10.1 Å². The minimum atomic E-state index is -0.616. The third-order valence-electron chi connectivity index (χ3n) is 3.77. The molecular weight excluding hydrogens is 363 g/mol. The molecule has 0 aromatic heterocycles. The van der Waals surface area contributed by atoms with Crippen molar-refractivity contribution in [1.29, 1.82) is 0 Å². The Bertz CT molecular complexity index is 929. The first kappa shape index (κ1) is 17.8. The van der Waals surface area contributed by atoms with Gasteiger partial charge in [0.25, 0.3) is 11.8 Å². The largest absolute Gasteiger partial charge is 0.493 e. The fourth-order valence-corrected chi connectivity index (χ4v) is 2.65. The van der Waals surface area contributed by atoms with Crippen molar-refractivity contribution in [3.05, 3.63) is 58.4 Å². The molecule has 0 radical (unpaired) electrons. The van der Waals surface area contributed by atoms with Crippen LogP contribution in [0.5, 0.6) is 11.5 Å². The van der Waals surface area contributed by atoms with Crippen molar-refractivity contribution < 1.29 is 23.5 Å². The van der Waals surface area contributed by atoms with Crippen molar-refractivity contribution in [3.8, 4) is 11.5 Å². The van der Waals surface area contributed by atoms with Crippen LogP contribution in [-0.2, 0) is 9.59 Å². The molecule has 0 saturated carbocycles. The molecule has 2 aromatic carbocycles. The van der Waals surface area contributed by atoms with Crippen LogP contribution < -0.4 is 19.9 Å². The number of carbonyl (C=O) groups is 2. The molecule has 134 valence electrons. The lowest BCUT2D eigenvalue weighted by Crippen LogP contribution is -2.35. The van der Waals surface area contributed by atoms with Crippen LogP contribution in [0.2, 0.25) is 5.02 Å². The highest BCUT2D eigenvalue weighted by Gasteiger charge is 2.34. The monoisotopic (exact) mass is 376 g/mol. The number of amides is 2. The maximum Gasteiger partial charge on any atom is 0.282 e. The van der Waals surface area contributed by atoms with E-state index in [0.717, 1.165) is 11.1 Å². The number of methoxy groups -OCH3 is 2. The van der Waals surface area contributed by atoms with Crippen molar-refractivity contribution in [1.82, 2.24) is 5.43 Å². The van der Waals surface area contributed by atoms with Crippen LogP contribution in [0.15, 0.2) is 42.0 Å². The smallest absolute Gasteiger partial charge is 0.282 e. The quantitative estimate of drug-likeness (QED) is 0.658. The highest BCUT2D eigenvalue weighted by Crippen LogP contribution is 2.30. The van der Waals surface area contributed by atoms with E-state index in [4.69, 9.17) is 21.1 Å². The molecule has 1 saturated heterocycles. The van der Waals surface area contributed by atoms with Crippen molar-refractivity contribution in [2.24, 2.45) is 0 Å². The summed E-state index contributed by atoms with van der Waals surface area (Å²) in [4.78, 5) is 24.8. The lowest BCUT2D eigenvalue weighted by molar-refractivity contribution is -0.117. The lowest BCUT2D eigenvalue weighted by Gasteiger charge is -2.14. The van der Waals surface area contributed by atoms with Crippen molar-refractivity contribution in [2.75, 3.05) is 19.2 Å². The van der Waals surface area contributed by atoms with E-state index in [1.807, 2.05) is 0 Å². The van der Waals surface area contributed by atoms with Gasteiger partial charge in [-0.05, 0) is 42.0 Å². The Balaban J connectivity index is 1.94. The summed E-state index contributed by atoms with van der Waals surface area (Å²) in [5.74, 6) is -0.776. The SMILES string of the molecule is COc1ccc(C=C2C(=O)NN(c3ccc(F)c(Cl)c3)C2=O)cc1OC. The van der Waals surface area contributed by atoms with Gasteiger partial charge in [0.15, 0.2) is 11.5 Å². The highest BCUT2D eigenvalue weighted by atomic mass is 35.5. The van der Waals surface area contributed by atoms with Gasteiger partial charge >= 0.3 is 0 Å². The Hall–Kier alpha value is -3.06. The number of halogens is 2. The van der Waals surface area contributed by atoms with E-state index < -0.39 is 17.6 Å². The van der Waals surface area contributed by atoms with E-state index >= 15 is 0 Å². The van der Waals surface area contributed by atoms with Crippen LogP contribution in [0.25, 0.3) is 6.08 Å². The fraction of sp³-hybridized carbons (Fsp3) is 0.111. The Morgan fingerprint density at radius 1 is 1.08 bits per heavy atom. The summed E-state index contributed by atoms with van der Waals surface area (Å²) in [5.41, 5.74) is 3.19. The maximum atomic E-state index is 13.3. The topological polar surface area (TPSA) is 67.9 Å². The number of nitrogens with zero attached hydrogens (tertiary/aromatic N) is 1. The molecule has 1 N–H and O–H groups in total. The van der Waals surface area contributed by atoms with Crippen molar-refractivity contribution in [3.63, 3.8) is 0 Å². The van der Waals surface area contributed by atoms with Gasteiger partial charge in [0.2, 0.25) is 0 Å². The molecule has 0 aliphatic carbocycles. The second-order valence-corrected chi connectivity index (χ2v) is 5.76. The number of benzene rings is 2. The molecule has 2 aromatic rings. The molecule has 0 unspecified atom stereocenters. The predicted molar refractivity (Wildman–Crippen MR) is 94.6 cm³/mol. The fourth-order valence-electron chi connectivity index (χ4n) is 2.47. The first-order valence-corrected chi connectivity index (χ1v) is 7.86. The molecule has 0 bridgehead atoms. The van der Waals surface area contributed by atoms with Gasteiger partial charge in [-0.2, -0.15) is 0 Å². The Morgan fingerprint density at radius 3 is 2.46 bits per heavy atom. The minimum absolute atomic E-state index is 0.0716. The number of nitrogens with one attached hydrogen (secondary N) is 1. The van der Waals surface area contributed by atoms with Gasteiger partial charge in [0.1, 0.15) is 11.4 Å². The van der Waals surface area contributed by atoms with Crippen LogP contribution in [0.3, 0.4) is 0 Å². The zero-order chi connectivity index (χ0) is 18.8. The van der Waals surface area contributed by atoms with E-state index in [9.17, 15) is 14.0 Å². The minimum Gasteiger partial charge on any atom is -0.493 e. The van der Waals surface area contributed by atoms with Gasteiger partial charge < -0.3 is 9.47 Å². The summed E-state index contributed by atoms with van der Waals surface area (Å²) < 4.78 is 23.7. The average Bonchev–Trinajstić information content (AvgIpc) is 2.92. The normalized spacial score (nSPS) is 15.4. The van der Waals surface area contributed by atoms with E-state index in [1.165, 1.54) is 32.4 Å². The van der Waals surface area contributed by atoms with E-state index in [-0.39, 0.29) is 16.3 Å². The van der Waals surface area contributed by atoms with Gasteiger partial charge in [0, 0.05) is 0 Å². The molecule has 0 atom stereocenters. The summed E-state index contributed by atoms with van der Waals surface area (Å²) in [6.07, 6.45) is 1.44. The zero-order valence-electron chi connectivity index (χ0n) is 13.9.